The van der Waals surface area contributed by atoms with Crippen molar-refractivity contribution < 1.29 is 13.9 Å². The number of nitrogens with one attached hydrogen (secondary N) is 1. The van der Waals surface area contributed by atoms with Crippen molar-refractivity contribution in [3.05, 3.63) is 58.0 Å². The van der Waals surface area contributed by atoms with E-state index in [1.54, 1.807) is 24.5 Å². The van der Waals surface area contributed by atoms with Crippen LogP contribution in [0, 0.1) is 5.82 Å². The van der Waals surface area contributed by atoms with E-state index in [1.165, 1.54) is 10.9 Å². The molecule has 0 aliphatic carbocycles. The lowest BCUT2D eigenvalue weighted by Gasteiger charge is -2.45. The molecule has 4 nitrogen and oxygen atoms in total. The molecule has 6 heteroatoms. The molecule has 0 saturated carbocycles. The highest BCUT2D eigenvalue weighted by atomic mass is 32.1. The summed E-state index contributed by atoms with van der Waals surface area (Å²) in [6, 6.07) is 10.7. The Labute approximate surface area is 164 Å². The Morgan fingerprint density at radius 1 is 1.33 bits per heavy atom. The first-order valence-corrected chi connectivity index (χ1v) is 10.3. The Hall–Kier alpha value is -1.76. The van der Waals surface area contributed by atoms with Gasteiger partial charge in [-0.1, -0.05) is 31.2 Å². The standard InChI is InChI=1S/C21H27FN2O2S/c1-3-19(25)23-18-11-13-24(12-10-15-7-6-14-27-15)20(21(18)26-2)16-8-4-5-9-17(16)22/h4-9,14,18,20-21H,3,10-13H2,1-2H3,(H,23,25). The van der Waals surface area contributed by atoms with Crippen LogP contribution in [0.25, 0.3) is 0 Å². The van der Waals surface area contributed by atoms with Gasteiger partial charge < -0.3 is 10.1 Å². The maximum atomic E-state index is 14.7. The molecule has 1 aromatic carbocycles. The number of rotatable bonds is 7. The number of methoxy groups -OCH3 is 1. The van der Waals surface area contributed by atoms with Crippen LogP contribution < -0.4 is 5.32 Å². The molecule has 3 unspecified atom stereocenters. The predicted molar refractivity (Wildman–Crippen MR) is 106 cm³/mol. The third-order valence-electron chi connectivity index (χ3n) is 5.22. The van der Waals surface area contributed by atoms with Gasteiger partial charge in [0.2, 0.25) is 5.91 Å². The Morgan fingerprint density at radius 3 is 2.81 bits per heavy atom. The Kier molecular flexibility index (Phi) is 6.99. The lowest BCUT2D eigenvalue weighted by atomic mass is 9.88. The van der Waals surface area contributed by atoms with Gasteiger partial charge in [-0.25, -0.2) is 4.39 Å². The fourth-order valence-electron chi connectivity index (χ4n) is 3.84. The summed E-state index contributed by atoms with van der Waals surface area (Å²) >= 11 is 1.74. The SMILES string of the molecule is CCC(=O)NC1CCN(CCc2cccs2)C(c2ccccc2F)C1OC. The van der Waals surface area contributed by atoms with E-state index in [-0.39, 0.29) is 29.9 Å². The van der Waals surface area contributed by atoms with Gasteiger partial charge in [0.1, 0.15) is 5.82 Å². The number of carbonyl (C=O) groups is 1. The van der Waals surface area contributed by atoms with Gasteiger partial charge in [-0.15, -0.1) is 11.3 Å². The molecule has 1 fully saturated rings. The molecule has 1 N–H and O–H groups in total. The monoisotopic (exact) mass is 390 g/mol. The lowest BCUT2D eigenvalue weighted by Crippen LogP contribution is -2.56. The lowest BCUT2D eigenvalue weighted by molar-refractivity contribution is -0.124. The van der Waals surface area contributed by atoms with Gasteiger partial charge in [0.25, 0.3) is 0 Å². The van der Waals surface area contributed by atoms with Crippen molar-refractivity contribution in [3.8, 4) is 0 Å². The average Bonchev–Trinajstić information content (AvgIpc) is 3.20. The van der Waals surface area contributed by atoms with E-state index in [1.807, 2.05) is 19.1 Å². The summed E-state index contributed by atoms with van der Waals surface area (Å²) in [7, 11) is 1.65. The molecule has 2 aromatic rings. The van der Waals surface area contributed by atoms with Crippen LogP contribution in [-0.2, 0) is 16.0 Å². The molecule has 1 saturated heterocycles. The number of hydrogen-bond acceptors (Lipinski definition) is 4. The maximum absolute atomic E-state index is 14.7. The molecule has 0 bridgehead atoms. The normalized spacial score (nSPS) is 23.3. The number of piperidine rings is 1. The van der Waals surface area contributed by atoms with Crippen molar-refractivity contribution in [1.82, 2.24) is 10.2 Å². The summed E-state index contributed by atoms with van der Waals surface area (Å²) < 4.78 is 20.5. The first-order valence-electron chi connectivity index (χ1n) is 9.47. The van der Waals surface area contributed by atoms with Crippen molar-refractivity contribution in [2.24, 2.45) is 0 Å². The molecular formula is C21H27FN2O2S. The highest BCUT2D eigenvalue weighted by molar-refractivity contribution is 7.09. The number of halogens is 1. The fraction of sp³-hybridized carbons (Fsp3) is 0.476. The van der Waals surface area contributed by atoms with Gasteiger partial charge >= 0.3 is 0 Å². The molecule has 1 aromatic heterocycles. The van der Waals surface area contributed by atoms with Crippen LogP contribution >= 0.6 is 11.3 Å². The zero-order valence-electron chi connectivity index (χ0n) is 15.9. The van der Waals surface area contributed by atoms with Gasteiger partial charge in [-0.2, -0.15) is 0 Å². The molecule has 2 heterocycles. The summed E-state index contributed by atoms with van der Waals surface area (Å²) in [4.78, 5) is 15.6. The number of amides is 1. The number of likely N-dealkylation sites (tertiary alicyclic amines) is 1. The summed E-state index contributed by atoms with van der Waals surface area (Å²) in [6.07, 6.45) is 1.85. The summed E-state index contributed by atoms with van der Waals surface area (Å²) in [6.45, 7) is 3.45. The molecule has 1 aliphatic rings. The minimum absolute atomic E-state index is 0.00127. The van der Waals surface area contributed by atoms with Gasteiger partial charge in [-0.05, 0) is 30.4 Å². The van der Waals surface area contributed by atoms with E-state index in [0.29, 0.717) is 12.0 Å². The Morgan fingerprint density at radius 2 is 2.15 bits per heavy atom. The number of hydrogen-bond donors (Lipinski definition) is 1. The molecular weight excluding hydrogens is 363 g/mol. The summed E-state index contributed by atoms with van der Waals surface area (Å²) in [5.41, 5.74) is 0.631. The smallest absolute Gasteiger partial charge is 0.220 e. The van der Waals surface area contributed by atoms with Crippen molar-refractivity contribution in [1.29, 1.82) is 0 Å². The molecule has 0 spiro atoms. The minimum atomic E-state index is -0.297. The van der Waals surface area contributed by atoms with Crippen molar-refractivity contribution >= 4 is 17.2 Å². The van der Waals surface area contributed by atoms with E-state index in [2.05, 4.69) is 27.7 Å². The number of benzene rings is 1. The third-order valence-corrected chi connectivity index (χ3v) is 6.15. The van der Waals surface area contributed by atoms with Crippen LogP contribution in [0.4, 0.5) is 4.39 Å². The van der Waals surface area contributed by atoms with Crippen LogP contribution in [0.2, 0.25) is 0 Å². The second-order valence-electron chi connectivity index (χ2n) is 6.85. The van der Waals surface area contributed by atoms with Gasteiger partial charge in [0.05, 0.1) is 18.2 Å². The third kappa shape index (κ3) is 4.75. The van der Waals surface area contributed by atoms with Crippen LogP contribution in [0.3, 0.4) is 0 Å². The van der Waals surface area contributed by atoms with E-state index in [9.17, 15) is 9.18 Å². The molecule has 1 amide bonds. The van der Waals surface area contributed by atoms with E-state index in [4.69, 9.17) is 4.74 Å². The van der Waals surface area contributed by atoms with Crippen molar-refractivity contribution in [3.63, 3.8) is 0 Å². The minimum Gasteiger partial charge on any atom is -0.377 e. The number of nitrogens with zero attached hydrogens (tertiary/aromatic N) is 1. The second-order valence-corrected chi connectivity index (χ2v) is 7.88. The average molecular weight is 391 g/mol. The summed E-state index contributed by atoms with van der Waals surface area (Å²) in [5, 5.41) is 5.15. The van der Waals surface area contributed by atoms with Crippen molar-refractivity contribution in [2.45, 2.75) is 44.4 Å². The first-order chi connectivity index (χ1) is 13.1. The number of thiophene rings is 1. The summed E-state index contributed by atoms with van der Waals surface area (Å²) in [5.74, 6) is -0.227. The molecule has 3 rings (SSSR count). The van der Waals surface area contributed by atoms with Crippen LogP contribution in [0.15, 0.2) is 41.8 Å². The van der Waals surface area contributed by atoms with Crippen molar-refractivity contribution in [2.75, 3.05) is 20.2 Å². The van der Waals surface area contributed by atoms with Gasteiger partial charge in [0, 0.05) is 37.1 Å². The van der Waals surface area contributed by atoms with E-state index < -0.39 is 0 Å². The van der Waals surface area contributed by atoms with E-state index >= 15 is 0 Å². The number of ether oxygens (including phenoxy) is 1. The largest absolute Gasteiger partial charge is 0.377 e. The molecule has 3 atom stereocenters. The number of carbonyl (C=O) groups excluding carboxylic acids is 1. The fourth-order valence-corrected chi connectivity index (χ4v) is 4.54. The Balaban J connectivity index is 1.86. The van der Waals surface area contributed by atoms with Crippen LogP contribution in [-0.4, -0.2) is 43.2 Å². The topological polar surface area (TPSA) is 41.6 Å². The predicted octanol–water partition coefficient (Wildman–Crippen LogP) is 3.79. The highest BCUT2D eigenvalue weighted by Crippen LogP contribution is 2.35. The van der Waals surface area contributed by atoms with Gasteiger partial charge in [0.15, 0.2) is 0 Å². The second kappa shape index (κ2) is 9.44. The Bertz CT molecular complexity index is 738. The maximum Gasteiger partial charge on any atom is 0.220 e. The van der Waals surface area contributed by atoms with Crippen LogP contribution in [0.5, 0.6) is 0 Å². The quantitative estimate of drug-likeness (QED) is 0.782. The van der Waals surface area contributed by atoms with Gasteiger partial charge in [-0.3, -0.25) is 9.69 Å². The molecule has 1 aliphatic heterocycles. The molecule has 146 valence electrons. The molecule has 0 radical (unpaired) electrons. The zero-order chi connectivity index (χ0) is 19.2. The van der Waals surface area contributed by atoms with E-state index in [0.717, 1.165) is 25.9 Å². The van der Waals surface area contributed by atoms with Crippen LogP contribution in [0.1, 0.15) is 36.2 Å². The highest BCUT2D eigenvalue weighted by Gasteiger charge is 2.40. The zero-order valence-corrected chi connectivity index (χ0v) is 16.7. The first kappa shape index (κ1) is 20.0. The molecule has 27 heavy (non-hydrogen) atoms.